The van der Waals surface area contributed by atoms with Crippen molar-refractivity contribution in [1.82, 2.24) is 19.4 Å². The lowest BCUT2D eigenvalue weighted by atomic mass is 9.92. The molecule has 0 aliphatic carbocycles. The Labute approximate surface area is 139 Å². The Kier molecular flexibility index (Phi) is 4.45. The van der Waals surface area contributed by atoms with Crippen molar-refractivity contribution < 1.29 is 0 Å². The molecule has 2 aromatic rings. The summed E-state index contributed by atoms with van der Waals surface area (Å²) < 4.78 is 2.38. The molecule has 2 aromatic heterocycles. The highest BCUT2D eigenvalue weighted by atomic mass is 15.2. The van der Waals surface area contributed by atoms with Crippen LogP contribution in [0.1, 0.15) is 46.9 Å². The van der Waals surface area contributed by atoms with Gasteiger partial charge in [0.15, 0.2) is 5.65 Å². The summed E-state index contributed by atoms with van der Waals surface area (Å²) >= 11 is 0. The predicted octanol–water partition coefficient (Wildman–Crippen LogP) is 3.75. The first-order valence-electron chi connectivity index (χ1n) is 8.88. The van der Waals surface area contributed by atoms with Crippen molar-refractivity contribution in [3.8, 4) is 0 Å². The van der Waals surface area contributed by atoms with Gasteiger partial charge in [0, 0.05) is 31.7 Å². The molecule has 1 atom stereocenters. The number of likely N-dealkylation sites (tertiary alicyclic amines) is 1. The van der Waals surface area contributed by atoms with Gasteiger partial charge in [0.1, 0.15) is 11.3 Å². The number of aromatic nitrogens is 3. The van der Waals surface area contributed by atoms with Gasteiger partial charge in [-0.25, -0.2) is 9.97 Å². The Bertz CT molecular complexity index is 666. The molecular weight excluding hydrogens is 284 g/mol. The topological polar surface area (TPSA) is 34.0 Å². The molecule has 4 nitrogen and oxygen atoms in total. The zero-order valence-electron chi connectivity index (χ0n) is 15.2. The van der Waals surface area contributed by atoms with Crippen molar-refractivity contribution in [1.29, 1.82) is 0 Å². The van der Waals surface area contributed by atoms with Crippen LogP contribution in [-0.2, 0) is 13.0 Å². The van der Waals surface area contributed by atoms with E-state index < -0.39 is 0 Å². The van der Waals surface area contributed by atoms with Crippen LogP contribution in [0.3, 0.4) is 0 Å². The normalized spacial score (nSPS) is 20.0. The van der Waals surface area contributed by atoms with Gasteiger partial charge in [-0.2, -0.15) is 0 Å². The van der Waals surface area contributed by atoms with Crippen molar-refractivity contribution in [2.45, 2.75) is 60.0 Å². The van der Waals surface area contributed by atoms with E-state index in [4.69, 9.17) is 4.98 Å². The number of rotatable bonds is 4. The van der Waals surface area contributed by atoms with E-state index in [1.165, 1.54) is 25.3 Å². The molecule has 0 bridgehead atoms. The molecule has 1 saturated heterocycles. The zero-order valence-corrected chi connectivity index (χ0v) is 15.2. The van der Waals surface area contributed by atoms with Gasteiger partial charge in [0.25, 0.3) is 0 Å². The molecule has 23 heavy (non-hydrogen) atoms. The molecule has 3 heterocycles. The molecule has 126 valence electrons. The maximum absolute atomic E-state index is 4.88. The predicted molar refractivity (Wildman–Crippen MR) is 95.5 cm³/mol. The standard InChI is InChI=1S/C19H30N4/c1-14(2)22-10-8-15(12-22)13-23-17(11-19(3,4)5)21-16-7-6-9-20-18(16)23/h6-7,9,14-15H,8,10-13H2,1-5H3. The third kappa shape index (κ3) is 3.74. The second-order valence-corrected chi connectivity index (χ2v) is 8.47. The van der Waals surface area contributed by atoms with Crippen molar-refractivity contribution in [3.05, 3.63) is 24.2 Å². The number of hydrogen-bond donors (Lipinski definition) is 0. The minimum Gasteiger partial charge on any atom is -0.312 e. The van der Waals surface area contributed by atoms with Gasteiger partial charge in [-0.05, 0) is 50.3 Å². The van der Waals surface area contributed by atoms with Crippen LogP contribution in [-0.4, -0.2) is 38.6 Å². The van der Waals surface area contributed by atoms with Gasteiger partial charge >= 0.3 is 0 Å². The summed E-state index contributed by atoms with van der Waals surface area (Å²) in [6, 6.07) is 4.71. The maximum Gasteiger partial charge on any atom is 0.159 e. The molecule has 4 heteroatoms. The van der Waals surface area contributed by atoms with Crippen LogP contribution in [0.5, 0.6) is 0 Å². The average molecular weight is 314 g/mol. The number of imidazole rings is 1. The van der Waals surface area contributed by atoms with E-state index in [0.29, 0.717) is 12.0 Å². The van der Waals surface area contributed by atoms with E-state index in [-0.39, 0.29) is 5.41 Å². The van der Waals surface area contributed by atoms with Gasteiger partial charge in [-0.15, -0.1) is 0 Å². The third-order valence-electron chi connectivity index (χ3n) is 4.76. The lowest BCUT2D eigenvalue weighted by Gasteiger charge is -2.22. The van der Waals surface area contributed by atoms with E-state index in [2.05, 4.69) is 55.1 Å². The highest BCUT2D eigenvalue weighted by molar-refractivity contribution is 5.71. The van der Waals surface area contributed by atoms with Crippen molar-refractivity contribution in [2.24, 2.45) is 11.3 Å². The van der Waals surface area contributed by atoms with E-state index in [1.54, 1.807) is 0 Å². The Hall–Kier alpha value is -1.42. The van der Waals surface area contributed by atoms with Gasteiger partial charge in [-0.1, -0.05) is 20.8 Å². The lowest BCUT2D eigenvalue weighted by molar-refractivity contribution is 0.260. The molecule has 0 amide bonds. The maximum atomic E-state index is 4.88. The van der Waals surface area contributed by atoms with E-state index in [9.17, 15) is 0 Å². The van der Waals surface area contributed by atoms with Gasteiger partial charge in [0.2, 0.25) is 0 Å². The second-order valence-electron chi connectivity index (χ2n) is 8.47. The molecule has 1 aliphatic rings. The molecule has 1 unspecified atom stereocenters. The van der Waals surface area contributed by atoms with Gasteiger partial charge in [0.05, 0.1) is 0 Å². The molecule has 1 fully saturated rings. The molecule has 0 saturated carbocycles. The molecule has 0 radical (unpaired) electrons. The summed E-state index contributed by atoms with van der Waals surface area (Å²) in [5.41, 5.74) is 2.32. The molecule has 1 aliphatic heterocycles. The average Bonchev–Trinajstić information content (AvgIpc) is 3.04. The molecular formula is C19H30N4. The molecule has 0 N–H and O–H groups in total. The first-order chi connectivity index (χ1) is 10.8. The monoisotopic (exact) mass is 314 g/mol. The minimum absolute atomic E-state index is 0.235. The molecule has 3 rings (SSSR count). The number of fused-ring (bicyclic) bond motifs is 1. The van der Waals surface area contributed by atoms with Gasteiger partial charge in [-0.3, -0.25) is 0 Å². The SMILES string of the molecule is CC(C)N1CCC(Cn2c(CC(C)(C)C)nc3cccnc32)C1. The number of pyridine rings is 1. The van der Waals surface area contributed by atoms with Crippen molar-refractivity contribution in [3.63, 3.8) is 0 Å². The van der Waals surface area contributed by atoms with Crippen LogP contribution in [0.4, 0.5) is 0 Å². The van der Waals surface area contributed by atoms with Gasteiger partial charge < -0.3 is 9.47 Å². The second kappa shape index (κ2) is 6.23. The highest BCUT2D eigenvalue weighted by Gasteiger charge is 2.27. The highest BCUT2D eigenvalue weighted by Crippen LogP contribution is 2.26. The fourth-order valence-electron chi connectivity index (χ4n) is 3.55. The van der Waals surface area contributed by atoms with E-state index in [0.717, 1.165) is 24.1 Å². The largest absolute Gasteiger partial charge is 0.312 e. The summed E-state index contributed by atoms with van der Waals surface area (Å²) in [7, 11) is 0. The van der Waals surface area contributed by atoms with Crippen LogP contribution in [0.25, 0.3) is 11.2 Å². The van der Waals surface area contributed by atoms with Crippen molar-refractivity contribution >= 4 is 11.2 Å². The quantitative estimate of drug-likeness (QED) is 0.862. The van der Waals surface area contributed by atoms with Crippen LogP contribution >= 0.6 is 0 Å². The fourth-order valence-corrected chi connectivity index (χ4v) is 3.55. The smallest absolute Gasteiger partial charge is 0.159 e. The first-order valence-corrected chi connectivity index (χ1v) is 8.88. The summed E-state index contributed by atoms with van der Waals surface area (Å²) in [5.74, 6) is 1.89. The van der Waals surface area contributed by atoms with Crippen LogP contribution in [0.2, 0.25) is 0 Å². The van der Waals surface area contributed by atoms with Crippen LogP contribution in [0.15, 0.2) is 18.3 Å². The minimum atomic E-state index is 0.235. The summed E-state index contributed by atoms with van der Waals surface area (Å²) in [5, 5.41) is 0. The Balaban J connectivity index is 1.88. The summed E-state index contributed by atoms with van der Waals surface area (Å²) in [6.45, 7) is 14.9. The zero-order chi connectivity index (χ0) is 16.6. The first kappa shape index (κ1) is 16.4. The van der Waals surface area contributed by atoms with Crippen LogP contribution < -0.4 is 0 Å². The van der Waals surface area contributed by atoms with E-state index >= 15 is 0 Å². The molecule has 0 spiro atoms. The van der Waals surface area contributed by atoms with E-state index in [1.807, 2.05) is 12.3 Å². The summed E-state index contributed by atoms with van der Waals surface area (Å²) in [6.07, 6.45) is 4.15. The fraction of sp³-hybridized carbons (Fsp3) is 0.684. The Morgan fingerprint density at radius 1 is 1.30 bits per heavy atom. The Morgan fingerprint density at radius 3 is 2.74 bits per heavy atom. The molecule has 0 aromatic carbocycles. The third-order valence-corrected chi connectivity index (χ3v) is 4.76. The van der Waals surface area contributed by atoms with Crippen molar-refractivity contribution in [2.75, 3.05) is 13.1 Å². The number of nitrogens with zero attached hydrogens (tertiary/aromatic N) is 4. The Morgan fingerprint density at radius 2 is 2.09 bits per heavy atom. The summed E-state index contributed by atoms with van der Waals surface area (Å²) in [4.78, 5) is 12.1. The van der Waals surface area contributed by atoms with Crippen LogP contribution in [0, 0.1) is 11.3 Å². The lowest BCUT2D eigenvalue weighted by Crippen LogP contribution is -2.29. The number of hydrogen-bond acceptors (Lipinski definition) is 3.